The van der Waals surface area contributed by atoms with Crippen molar-refractivity contribution in [1.82, 2.24) is 10.6 Å². The van der Waals surface area contributed by atoms with E-state index in [4.69, 9.17) is 0 Å². The van der Waals surface area contributed by atoms with Crippen molar-refractivity contribution in [2.75, 3.05) is 6.54 Å². The molecule has 2 atom stereocenters. The molecule has 0 aromatic heterocycles. The molecule has 0 bridgehead atoms. The number of rotatable bonds is 3. The Labute approximate surface area is 96.9 Å². The fraction of sp³-hybridized carbons (Fsp3) is 0.833. The van der Waals surface area contributed by atoms with Gasteiger partial charge in [0.05, 0.1) is 0 Å². The number of guanidine groups is 1. The Morgan fingerprint density at radius 1 is 1.50 bits per heavy atom. The van der Waals surface area contributed by atoms with Gasteiger partial charge in [-0.25, -0.2) is 0 Å². The van der Waals surface area contributed by atoms with Gasteiger partial charge in [-0.1, -0.05) is 26.7 Å². The first-order chi connectivity index (χ1) is 7.73. The summed E-state index contributed by atoms with van der Waals surface area (Å²) < 4.78 is 0. The van der Waals surface area contributed by atoms with Crippen molar-refractivity contribution in [1.29, 1.82) is 0 Å². The zero-order valence-corrected chi connectivity index (χ0v) is 10.2. The van der Waals surface area contributed by atoms with Crippen LogP contribution in [0.15, 0.2) is 4.99 Å². The first kappa shape index (κ1) is 11.4. The van der Waals surface area contributed by atoms with Crippen LogP contribution in [0.25, 0.3) is 0 Å². The van der Waals surface area contributed by atoms with Gasteiger partial charge in [0.2, 0.25) is 0 Å². The molecule has 2 rings (SSSR count). The summed E-state index contributed by atoms with van der Waals surface area (Å²) in [6.07, 6.45) is 5.30. The molecule has 90 valence electrons. The molecule has 1 spiro atoms. The van der Waals surface area contributed by atoms with E-state index in [9.17, 15) is 4.79 Å². The summed E-state index contributed by atoms with van der Waals surface area (Å²) in [5, 5.41) is 6.23. The lowest BCUT2D eigenvalue weighted by Crippen LogP contribution is -2.49. The molecule has 1 heterocycles. The number of aliphatic imine (C=N–C) groups is 1. The minimum absolute atomic E-state index is 0.131. The molecule has 0 aromatic rings. The van der Waals surface area contributed by atoms with Gasteiger partial charge in [-0.2, -0.15) is 0 Å². The van der Waals surface area contributed by atoms with Crippen molar-refractivity contribution >= 4 is 11.9 Å². The highest BCUT2D eigenvalue weighted by Gasteiger charge is 2.52. The van der Waals surface area contributed by atoms with E-state index in [1.165, 1.54) is 0 Å². The number of hydrogen-bond acceptors (Lipinski definition) is 2. The number of carbonyl (C=O) groups is 1. The third-order valence-electron chi connectivity index (χ3n) is 3.79. The fourth-order valence-electron chi connectivity index (χ4n) is 2.91. The van der Waals surface area contributed by atoms with Crippen molar-refractivity contribution in [2.24, 2.45) is 10.9 Å². The molecule has 1 aliphatic heterocycles. The Hall–Kier alpha value is -1.06. The minimum atomic E-state index is -0.346. The molecular formula is C12H21N3O. The van der Waals surface area contributed by atoms with Crippen molar-refractivity contribution in [3.05, 3.63) is 0 Å². The topological polar surface area (TPSA) is 53.5 Å². The zero-order valence-electron chi connectivity index (χ0n) is 10.2. The molecule has 4 heteroatoms. The third kappa shape index (κ3) is 1.70. The van der Waals surface area contributed by atoms with Crippen LogP contribution in [0.1, 0.15) is 46.0 Å². The molecule has 0 aromatic carbocycles. The first-order valence-electron chi connectivity index (χ1n) is 6.37. The van der Waals surface area contributed by atoms with Gasteiger partial charge >= 0.3 is 0 Å². The highest BCUT2D eigenvalue weighted by atomic mass is 16.2. The van der Waals surface area contributed by atoms with Crippen LogP contribution in [0.4, 0.5) is 0 Å². The van der Waals surface area contributed by atoms with Gasteiger partial charge in [0, 0.05) is 6.54 Å². The number of nitrogens with one attached hydrogen (secondary N) is 2. The van der Waals surface area contributed by atoms with Gasteiger partial charge in [-0.3, -0.25) is 15.1 Å². The maximum Gasteiger partial charge on any atom is 0.252 e. The maximum absolute atomic E-state index is 12.1. The highest BCUT2D eigenvalue weighted by Crippen LogP contribution is 2.39. The van der Waals surface area contributed by atoms with E-state index in [0.717, 1.165) is 38.6 Å². The number of amides is 1. The van der Waals surface area contributed by atoms with Crippen molar-refractivity contribution < 1.29 is 4.79 Å². The molecule has 2 aliphatic rings. The van der Waals surface area contributed by atoms with Gasteiger partial charge in [0.15, 0.2) is 5.96 Å². The van der Waals surface area contributed by atoms with Crippen molar-refractivity contribution in [3.8, 4) is 0 Å². The minimum Gasteiger partial charge on any atom is -0.341 e. The van der Waals surface area contributed by atoms with Gasteiger partial charge in [0.1, 0.15) is 5.54 Å². The summed E-state index contributed by atoms with van der Waals surface area (Å²) in [5.74, 6) is 1.28. The van der Waals surface area contributed by atoms with E-state index in [1.54, 1.807) is 0 Å². The number of carbonyl (C=O) groups excluding carboxylic acids is 1. The van der Waals surface area contributed by atoms with Crippen LogP contribution in [0.2, 0.25) is 0 Å². The largest absolute Gasteiger partial charge is 0.341 e. The van der Waals surface area contributed by atoms with Crippen LogP contribution in [0, 0.1) is 5.92 Å². The highest BCUT2D eigenvalue weighted by molar-refractivity contribution is 6.09. The van der Waals surface area contributed by atoms with E-state index >= 15 is 0 Å². The van der Waals surface area contributed by atoms with Crippen LogP contribution >= 0.6 is 0 Å². The molecule has 2 unspecified atom stereocenters. The van der Waals surface area contributed by atoms with Crippen LogP contribution < -0.4 is 10.6 Å². The molecule has 1 aliphatic carbocycles. The molecule has 1 saturated carbocycles. The Bertz CT molecular complexity index is 313. The lowest BCUT2D eigenvalue weighted by molar-refractivity contribution is -0.125. The molecule has 2 fully saturated rings. The van der Waals surface area contributed by atoms with Gasteiger partial charge in [0.25, 0.3) is 5.91 Å². The monoisotopic (exact) mass is 223 g/mol. The summed E-state index contributed by atoms with van der Waals surface area (Å²) in [4.78, 5) is 16.4. The summed E-state index contributed by atoms with van der Waals surface area (Å²) >= 11 is 0. The van der Waals surface area contributed by atoms with E-state index in [1.807, 2.05) is 0 Å². The summed E-state index contributed by atoms with van der Waals surface area (Å²) in [7, 11) is 0. The summed E-state index contributed by atoms with van der Waals surface area (Å²) in [6.45, 7) is 5.02. The predicted molar refractivity (Wildman–Crippen MR) is 64.2 cm³/mol. The Morgan fingerprint density at radius 2 is 2.31 bits per heavy atom. The smallest absolute Gasteiger partial charge is 0.252 e. The van der Waals surface area contributed by atoms with E-state index in [-0.39, 0.29) is 11.4 Å². The van der Waals surface area contributed by atoms with E-state index in [2.05, 4.69) is 29.5 Å². The van der Waals surface area contributed by atoms with Gasteiger partial charge in [-0.15, -0.1) is 0 Å². The van der Waals surface area contributed by atoms with Crippen molar-refractivity contribution in [3.63, 3.8) is 0 Å². The van der Waals surface area contributed by atoms with E-state index in [0.29, 0.717) is 11.9 Å². The average molecular weight is 223 g/mol. The van der Waals surface area contributed by atoms with Crippen LogP contribution in [0.5, 0.6) is 0 Å². The summed E-state index contributed by atoms with van der Waals surface area (Å²) in [6, 6.07) is 0. The molecule has 4 nitrogen and oxygen atoms in total. The molecule has 1 amide bonds. The van der Waals surface area contributed by atoms with Crippen LogP contribution in [0.3, 0.4) is 0 Å². The van der Waals surface area contributed by atoms with Gasteiger partial charge < -0.3 is 5.32 Å². The zero-order chi connectivity index (χ0) is 11.6. The average Bonchev–Trinajstić information content (AvgIpc) is 2.82. The Balaban J connectivity index is 2.14. The Morgan fingerprint density at radius 3 is 3.00 bits per heavy atom. The molecular weight excluding hydrogens is 202 g/mol. The fourth-order valence-corrected chi connectivity index (χ4v) is 2.91. The standard InChI is InChI=1S/C12H21N3O/c1-3-8-13-11-14-10(16)12(15-11)7-5-6-9(12)4-2/h9H,3-8H2,1-2H3,(H2,13,14,15,16). The van der Waals surface area contributed by atoms with Crippen LogP contribution in [-0.2, 0) is 4.79 Å². The lowest BCUT2D eigenvalue weighted by Gasteiger charge is -2.27. The predicted octanol–water partition coefficient (Wildman–Crippen LogP) is 1.42. The molecule has 16 heavy (non-hydrogen) atoms. The number of nitrogens with zero attached hydrogens (tertiary/aromatic N) is 1. The van der Waals surface area contributed by atoms with Gasteiger partial charge in [-0.05, 0) is 25.2 Å². The normalized spacial score (nSPS) is 35.8. The Kier molecular flexibility index (Phi) is 3.17. The SMILES string of the molecule is CCCN=C1NC(=O)C2(CCCC2CC)N1. The van der Waals surface area contributed by atoms with Crippen molar-refractivity contribution in [2.45, 2.75) is 51.5 Å². The van der Waals surface area contributed by atoms with Crippen LogP contribution in [-0.4, -0.2) is 24.0 Å². The second kappa shape index (κ2) is 4.44. The summed E-state index contributed by atoms with van der Waals surface area (Å²) in [5.41, 5.74) is -0.346. The number of hydrogen-bond donors (Lipinski definition) is 2. The second-order valence-electron chi connectivity index (χ2n) is 4.78. The van der Waals surface area contributed by atoms with E-state index < -0.39 is 0 Å². The lowest BCUT2D eigenvalue weighted by atomic mass is 9.85. The third-order valence-corrected chi connectivity index (χ3v) is 3.79. The quantitative estimate of drug-likeness (QED) is 0.760. The first-order valence-corrected chi connectivity index (χ1v) is 6.37. The molecule has 2 N–H and O–H groups in total. The second-order valence-corrected chi connectivity index (χ2v) is 4.78. The molecule has 0 radical (unpaired) electrons. The molecule has 1 saturated heterocycles. The maximum atomic E-state index is 12.1.